The zero-order valence-corrected chi connectivity index (χ0v) is 19.3. The molecule has 0 aromatic rings. The smallest absolute Gasteiger partial charge is 0.190 e. The van der Waals surface area contributed by atoms with Crippen molar-refractivity contribution in [1.29, 1.82) is 0 Å². The third-order valence-electron chi connectivity index (χ3n) is 9.34. The van der Waals surface area contributed by atoms with Crippen molar-refractivity contribution in [1.82, 2.24) is 0 Å². The molecule has 2 spiro atoms. The first-order valence-electron chi connectivity index (χ1n) is 12.5. The zero-order chi connectivity index (χ0) is 22.0. The lowest BCUT2D eigenvalue weighted by Gasteiger charge is -2.55. The topological polar surface area (TPSA) is 88.4 Å². The monoisotopic (exact) mass is 433 g/mol. The Labute approximate surface area is 185 Å². The second-order valence-electron chi connectivity index (χ2n) is 11.5. The summed E-state index contributed by atoms with van der Waals surface area (Å²) < 4.78 is 13.2. The Balaban J connectivity index is 1.62. The number of aliphatic hydroxyl groups is 2. The van der Waals surface area contributed by atoms with Gasteiger partial charge in [0.2, 0.25) is 0 Å². The van der Waals surface area contributed by atoms with Crippen molar-refractivity contribution in [2.45, 2.75) is 115 Å². The van der Waals surface area contributed by atoms with E-state index in [0.29, 0.717) is 25.8 Å². The number of hydrogen-bond acceptors (Lipinski definition) is 6. The number of nitrogens with zero attached hydrogens (tertiary/aromatic N) is 1. The fourth-order valence-electron chi connectivity index (χ4n) is 7.71. The van der Waals surface area contributed by atoms with Crippen LogP contribution in [0, 0.1) is 22.7 Å². The highest BCUT2D eigenvalue weighted by atomic mass is 16.7. The predicted molar refractivity (Wildman–Crippen MR) is 117 cm³/mol. The lowest BCUT2D eigenvalue weighted by atomic mass is 9.52. The molecule has 6 nitrogen and oxygen atoms in total. The summed E-state index contributed by atoms with van der Waals surface area (Å²) in [6.07, 6.45) is 5.72. The molecule has 4 heterocycles. The zero-order valence-electron chi connectivity index (χ0n) is 19.3. The van der Waals surface area contributed by atoms with Crippen LogP contribution >= 0.6 is 0 Å². The standard InChI is InChI=1S/C25H39NO5/c1-4-6-23(3)8-9-24-10-11-26-22(24)18(28)14-25-7-5-19(30-25)15(2)12-17(27)20(29)21(31-25)16(24)13-23/h15-19,21,27-28H,4-14H2,1-3H3/t15-,16+,17+,18-,19-,21-,23?,24+,25+/m0/s1. The maximum atomic E-state index is 13.7. The number of carbonyl (C=O) groups is 1. The van der Waals surface area contributed by atoms with Crippen molar-refractivity contribution >= 4 is 11.5 Å². The summed E-state index contributed by atoms with van der Waals surface area (Å²) in [5.41, 5.74) is 0.714. The van der Waals surface area contributed by atoms with Gasteiger partial charge in [0.1, 0.15) is 12.2 Å². The number of ether oxygens (including phenoxy) is 2. The summed E-state index contributed by atoms with van der Waals surface area (Å²) in [6.45, 7) is 7.30. The molecular weight excluding hydrogens is 394 g/mol. The van der Waals surface area contributed by atoms with Crippen LogP contribution in [0.3, 0.4) is 0 Å². The van der Waals surface area contributed by atoms with Gasteiger partial charge in [0, 0.05) is 36.4 Å². The first-order valence-corrected chi connectivity index (χ1v) is 12.5. The second-order valence-corrected chi connectivity index (χ2v) is 11.5. The summed E-state index contributed by atoms with van der Waals surface area (Å²) in [6, 6.07) is 0. The van der Waals surface area contributed by atoms with E-state index in [-0.39, 0.29) is 34.6 Å². The van der Waals surface area contributed by atoms with Gasteiger partial charge in [0.05, 0.1) is 12.2 Å². The molecule has 5 rings (SSSR count). The van der Waals surface area contributed by atoms with Gasteiger partial charge in [-0.05, 0) is 56.3 Å². The van der Waals surface area contributed by atoms with Crippen molar-refractivity contribution in [2.24, 2.45) is 27.7 Å². The van der Waals surface area contributed by atoms with Crippen molar-refractivity contribution in [3.8, 4) is 0 Å². The molecule has 1 unspecified atom stereocenters. The highest BCUT2D eigenvalue weighted by Crippen LogP contribution is 2.59. The maximum absolute atomic E-state index is 13.7. The molecule has 0 aromatic carbocycles. The maximum Gasteiger partial charge on any atom is 0.190 e. The number of fused-ring (bicyclic) bond motifs is 3. The van der Waals surface area contributed by atoms with E-state index in [1.807, 2.05) is 6.92 Å². The minimum absolute atomic E-state index is 0.0557. The number of aliphatic imine (C=N–C) groups is 1. The molecule has 0 aromatic heterocycles. The molecule has 4 fully saturated rings. The molecular formula is C25H39NO5. The van der Waals surface area contributed by atoms with Crippen LogP contribution in [-0.4, -0.2) is 58.5 Å². The molecule has 0 radical (unpaired) electrons. The van der Waals surface area contributed by atoms with Gasteiger partial charge >= 0.3 is 0 Å². The number of aliphatic hydroxyl groups excluding tert-OH is 2. The Hall–Kier alpha value is -0.820. The summed E-state index contributed by atoms with van der Waals surface area (Å²) >= 11 is 0. The van der Waals surface area contributed by atoms with Gasteiger partial charge < -0.3 is 19.7 Å². The number of rotatable bonds is 2. The summed E-state index contributed by atoms with van der Waals surface area (Å²) in [5.74, 6) is -1.15. The molecule has 174 valence electrons. The second kappa shape index (κ2) is 7.61. The molecule has 31 heavy (non-hydrogen) atoms. The molecule has 1 aliphatic carbocycles. The Bertz CT molecular complexity index is 769. The highest BCUT2D eigenvalue weighted by molar-refractivity contribution is 5.97. The van der Waals surface area contributed by atoms with Gasteiger partial charge in [-0.15, -0.1) is 0 Å². The first kappa shape index (κ1) is 22.0. The van der Waals surface area contributed by atoms with Crippen molar-refractivity contribution < 1.29 is 24.5 Å². The Morgan fingerprint density at radius 3 is 2.68 bits per heavy atom. The van der Waals surface area contributed by atoms with Crippen LogP contribution in [0.5, 0.6) is 0 Å². The third kappa shape index (κ3) is 3.44. The van der Waals surface area contributed by atoms with Crippen molar-refractivity contribution in [3.05, 3.63) is 0 Å². The molecule has 6 heteroatoms. The van der Waals surface area contributed by atoms with E-state index in [4.69, 9.17) is 14.5 Å². The normalized spacial score (nSPS) is 52.2. The largest absolute Gasteiger partial charge is 0.387 e. The van der Waals surface area contributed by atoms with Crippen LogP contribution in [0.15, 0.2) is 4.99 Å². The first-order chi connectivity index (χ1) is 14.7. The quantitative estimate of drug-likeness (QED) is 0.697. The van der Waals surface area contributed by atoms with Gasteiger partial charge in [-0.25, -0.2) is 0 Å². The van der Waals surface area contributed by atoms with E-state index < -0.39 is 24.1 Å². The number of carbonyl (C=O) groups excluding carboxylic acids is 1. The minimum Gasteiger partial charge on any atom is -0.387 e. The molecule has 9 atom stereocenters. The van der Waals surface area contributed by atoms with E-state index in [0.717, 1.165) is 50.7 Å². The van der Waals surface area contributed by atoms with E-state index in [1.54, 1.807) is 0 Å². The van der Waals surface area contributed by atoms with E-state index in [1.165, 1.54) is 0 Å². The van der Waals surface area contributed by atoms with Gasteiger partial charge in [0.15, 0.2) is 11.6 Å². The fourth-order valence-corrected chi connectivity index (χ4v) is 7.71. The van der Waals surface area contributed by atoms with Crippen molar-refractivity contribution in [3.63, 3.8) is 0 Å². The molecule has 2 N–H and O–H groups in total. The van der Waals surface area contributed by atoms with E-state index in [2.05, 4.69) is 13.8 Å². The van der Waals surface area contributed by atoms with Gasteiger partial charge in [-0.1, -0.05) is 27.2 Å². The minimum atomic E-state index is -1.03. The molecule has 3 saturated heterocycles. The summed E-state index contributed by atoms with van der Waals surface area (Å²) in [7, 11) is 0. The van der Waals surface area contributed by atoms with Crippen molar-refractivity contribution in [2.75, 3.05) is 6.54 Å². The SMILES string of the molecule is CCCC1(C)CC[C@]23CCN=C2[C@@H](O)C[C@]24CC[C@H](O2)[C@@H](C)C[C@@H](O)C(=O)[C@@H](O4)[C@H]3C1. The van der Waals surface area contributed by atoms with Gasteiger partial charge in [0.25, 0.3) is 0 Å². The average molecular weight is 434 g/mol. The third-order valence-corrected chi connectivity index (χ3v) is 9.34. The molecule has 4 aliphatic heterocycles. The van der Waals surface area contributed by atoms with Crippen LogP contribution in [-0.2, 0) is 14.3 Å². The molecule has 1 saturated carbocycles. The Kier molecular flexibility index (Phi) is 5.40. The average Bonchev–Trinajstić information content (AvgIpc) is 3.33. The van der Waals surface area contributed by atoms with E-state index in [9.17, 15) is 15.0 Å². The lowest BCUT2D eigenvalue weighted by Crippen LogP contribution is -2.60. The number of Topliss-reactive ketones (excluding diaryl/α,β-unsaturated/α-hetero) is 1. The molecule has 0 amide bonds. The Morgan fingerprint density at radius 1 is 1.10 bits per heavy atom. The molecule has 5 aliphatic rings. The van der Waals surface area contributed by atoms with Crippen LogP contribution in [0.2, 0.25) is 0 Å². The fraction of sp³-hybridized carbons (Fsp3) is 0.920. The number of hydrogen-bond donors (Lipinski definition) is 2. The van der Waals surface area contributed by atoms with Crippen LogP contribution in [0.1, 0.15) is 85.0 Å². The predicted octanol–water partition coefficient (Wildman–Crippen LogP) is 3.42. The Morgan fingerprint density at radius 2 is 1.90 bits per heavy atom. The summed E-state index contributed by atoms with van der Waals surface area (Å²) in [5, 5.41) is 22.3. The van der Waals surface area contributed by atoms with E-state index >= 15 is 0 Å². The summed E-state index contributed by atoms with van der Waals surface area (Å²) in [4.78, 5) is 18.5. The number of ketones is 1. The van der Waals surface area contributed by atoms with Gasteiger partial charge in [-0.3, -0.25) is 9.79 Å². The van der Waals surface area contributed by atoms with Crippen LogP contribution in [0.4, 0.5) is 0 Å². The highest BCUT2D eigenvalue weighted by Gasteiger charge is 2.62. The van der Waals surface area contributed by atoms with Crippen LogP contribution in [0.25, 0.3) is 0 Å². The van der Waals surface area contributed by atoms with Gasteiger partial charge in [-0.2, -0.15) is 0 Å². The van der Waals surface area contributed by atoms with Crippen LogP contribution < -0.4 is 0 Å². The lowest BCUT2D eigenvalue weighted by molar-refractivity contribution is -0.275. The molecule has 3 bridgehead atoms.